The van der Waals surface area contributed by atoms with Crippen molar-refractivity contribution in [3.8, 4) is 5.75 Å². The Morgan fingerprint density at radius 3 is 2.57 bits per heavy atom. The van der Waals surface area contributed by atoms with Crippen LogP contribution in [0.2, 0.25) is 0 Å². The van der Waals surface area contributed by atoms with Crippen molar-refractivity contribution in [3.05, 3.63) is 28.2 Å². The first kappa shape index (κ1) is 17.0. The van der Waals surface area contributed by atoms with Gasteiger partial charge in [0, 0.05) is 10.5 Å². The molecule has 0 aliphatic carbocycles. The van der Waals surface area contributed by atoms with E-state index in [9.17, 15) is 14.4 Å². The molecule has 3 amide bonds. The number of halogens is 1. The zero-order valence-electron chi connectivity index (χ0n) is 11.5. The van der Waals surface area contributed by atoms with Crippen LogP contribution in [-0.4, -0.2) is 35.7 Å². The van der Waals surface area contributed by atoms with Crippen molar-refractivity contribution in [2.24, 2.45) is 0 Å². The van der Waals surface area contributed by atoms with Gasteiger partial charge in [0.15, 0.2) is 6.61 Å². The van der Waals surface area contributed by atoms with Gasteiger partial charge in [-0.25, -0.2) is 9.59 Å². The molecule has 0 saturated carbocycles. The zero-order valence-corrected chi connectivity index (χ0v) is 13.1. The number of nitrogens with one attached hydrogen (secondary N) is 2. The van der Waals surface area contributed by atoms with Gasteiger partial charge >= 0.3 is 12.0 Å². The lowest BCUT2D eigenvalue weighted by atomic mass is 10.2. The number of ether oxygens (including phenoxy) is 1. The van der Waals surface area contributed by atoms with Crippen LogP contribution in [-0.2, 0) is 4.79 Å². The number of benzene rings is 1. The van der Waals surface area contributed by atoms with Crippen LogP contribution in [0, 0.1) is 0 Å². The van der Waals surface area contributed by atoms with Crippen LogP contribution < -0.4 is 15.4 Å². The number of carboxylic acids is 1. The predicted molar refractivity (Wildman–Crippen MR) is 78.4 cm³/mol. The molecular formula is C13H15BrN2O5. The molecule has 0 aromatic heterocycles. The van der Waals surface area contributed by atoms with E-state index >= 15 is 0 Å². The third-order valence-electron chi connectivity index (χ3n) is 2.21. The Morgan fingerprint density at radius 1 is 1.33 bits per heavy atom. The van der Waals surface area contributed by atoms with Crippen molar-refractivity contribution in [3.63, 3.8) is 0 Å². The number of carbonyl (C=O) groups excluding carboxylic acids is 2. The van der Waals surface area contributed by atoms with Crippen LogP contribution >= 0.6 is 15.9 Å². The number of urea groups is 1. The first-order chi connectivity index (χ1) is 9.79. The van der Waals surface area contributed by atoms with Crippen molar-refractivity contribution in [1.29, 1.82) is 0 Å². The standard InChI is InChI=1S/C13H15BrN2O5/c1-7(2)15-13(20)16-11(17)6-21-10-5-8(14)3-4-9(10)12(18)19/h3-5,7H,6H2,1-2H3,(H,18,19)(H2,15,16,17,20). The zero-order chi connectivity index (χ0) is 16.0. The number of carbonyl (C=O) groups is 3. The maximum absolute atomic E-state index is 11.5. The number of hydrogen-bond donors (Lipinski definition) is 3. The first-order valence-corrected chi connectivity index (χ1v) is 6.85. The van der Waals surface area contributed by atoms with Gasteiger partial charge in [0.25, 0.3) is 5.91 Å². The van der Waals surface area contributed by atoms with Gasteiger partial charge in [0.1, 0.15) is 11.3 Å². The Morgan fingerprint density at radius 2 is 2.00 bits per heavy atom. The molecule has 0 bridgehead atoms. The minimum atomic E-state index is -1.17. The molecule has 0 aliphatic rings. The van der Waals surface area contributed by atoms with Gasteiger partial charge in [0.2, 0.25) is 0 Å². The fourth-order valence-electron chi connectivity index (χ4n) is 1.40. The number of hydrogen-bond acceptors (Lipinski definition) is 4. The van der Waals surface area contributed by atoms with E-state index in [1.807, 2.05) is 0 Å². The fraction of sp³-hybridized carbons (Fsp3) is 0.308. The minimum Gasteiger partial charge on any atom is -0.483 e. The summed E-state index contributed by atoms with van der Waals surface area (Å²) < 4.78 is 5.76. The molecule has 0 heterocycles. The van der Waals surface area contributed by atoms with Gasteiger partial charge in [-0.15, -0.1) is 0 Å². The first-order valence-electron chi connectivity index (χ1n) is 6.05. The van der Waals surface area contributed by atoms with E-state index in [-0.39, 0.29) is 17.4 Å². The van der Waals surface area contributed by atoms with Crippen LogP contribution in [0.4, 0.5) is 4.79 Å². The average molecular weight is 359 g/mol. The molecule has 3 N–H and O–H groups in total. The molecule has 0 unspecified atom stereocenters. The molecule has 0 aliphatic heterocycles. The Hall–Kier alpha value is -2.09. The van der Waals surface area contributed by atoms with Gasteiger partial charge in [-0.3, -0.25) is 10.1 Å². The number of aromatic carboxylic acids is 1. The Bertz CT molecular complexity index is 559. The quantitative estimate of drug-likeness (QED) is 0.743. The highest BCUT2D eigenvalue weighted by Gasteiger charge is 2.14. The summed E-state index contributed by atoms with van der Waals surface area (Å²) in [7, 11) is 0. The third kappa shape index (κ3) is 5.82. The lowest BCUT2D eigenvalue weighted by molar-refractivity contribution is -0.122. The minimum absolute atomic E-state index is 0.0382. The summed E-state index contributed by atoms with van der Waals surface area (Å²) in [6.07, 6.45) is 0. The Labute approximate surface area is 129 Å². The van der Waals surface area contributed by atoms with Gasteiger partial charge in [-0.1, -0.05) is 15.9 Å². The van der Waals surface area contributed by atoms with E-state index in [1.165, 1.54) is 12.1 Å². The summed E-state index contributed by atoms with van der Waals surface area (Å²) >= 11 is 3.18. The molecule has 114 valence electrons. The van der Waals surface area contributed by atoms with E-state index in [2.05, 4.69) is 26.6 Å². The molecule has 7 nitrogen and oxygen atoms in total. The van der Waals surface area contributed by atoms with Crippen molar-refractivity contribution in [1.82, 2.24) is 10.6 Å². The van der Waals surface area contributed by atoms with Crippen molar-refractivity contribution >= 4 is 33.8 Å². The van der Waals surface area contributed by atoms with E-state index in [1.54, 1.807) is 19.9 Å². The van der Waals surface area contributed by atoms with Gasteiger partial charge in [-0.05, 0) is 32.0 Å². The molecule has 0 fully saturated rings. The van der Waals surface area contributed by atoms with Gasteiger partial charge in [0.05, 0.1) is 0 Å². The SMILES string of the molecule is CC(C)NC(=O)NC(=O)COc1cc(Br)ccc1C(=O)O. The highest BCUT2D eigenvalue weighted by Crippen LogP contribution is 2.23. The van der Waals surface area contributed by atoms with Crippen LogP contribution in [0.25, 0.3) is 0 Å². The summed E-state index contributed by atoms with van der Waals surface area (Å²) in [5, 5.41) is 13.6. The van der Waals surface area contributed by atoms with Crippen LogP contribution in [0.3, 0.4) is 0 Å². The van der Waals surface area contributed by atoms with E-state index in [0.717, 1.165) is 0 Å². The smallest absolute Gasteiger partial charge is 0.339 e. The van der Waals surface area contributed by atoms with Crippen molar-refractivity contribution in [2.75, 3.05) is 6.61 Å². The molecule has 1 aromatic carbocycles. The summed E-state index contributed by atoms with van der Waals surface area (Å²) in [5.41, 5.74) is -0.0716. The average Bonchev–Trinajstić information content (AvgIpc) is 2.34. The topological polar surface area (TPSA) is 105 Å². The monoisotopic (exact) mass is 358 g/mol. The molecule has 0 saturated heterocycles. The largest absolute Gasteiger partial charge is 0.483 e. The molecule has 21 heavy (non-hydrogen) atoms. The van der Waals surface area contributed by atoms with Gasteiger partial charge in [-0.2, -0.15) is 0 Å². The molecule has 0 atom stereocenters. The number of carboxylic acid groups (broad SMARTS) is 1. The summed E-state index contributed by atoms with van der Waals surface area (Å²) in [4.78, 5) is 33.8. The summed E-state index contributed by atoms with van der Waals surface area (Å²) in [6, 6.07) is 3.59. The number of amides is 3. The summed E-state index contributed by atoms with van der Waals surface area (Å²) in [6.45, 7) is 3.03. The molecule has 1 aromatic rings. The van der Waals surface area contributed by atoms with Crippen LogP contribution in [0.1, 0.15) is 24.2 Å². The lowest BCUT2D eigenvalue weighted by Gasteiger charge is -2.11. The second-order valence-corrected chi connectivity index (χ2v) is 5.33. The van der Waals surface area contributed by atoms with Crippen molar-refractivity contribution < 1.29 is 24.2 Å². The van der Waals surface area contributed by atoms with Crippen LogP contribution in [0.5, 0.6) is 5.75 Å². The number of imide groups is 1. The van der Waals surface area contributed by atoms with E-state index in [0.29, 0.717) is 4.47 Å². The molecule has 8 heteroatoms. The highest BCUT2D eigenvalue weighted by atomic mass is 79.9. The van der Waals surface area contributed by atoms with E-state index < -0.39 is 24.5 Å². The molecular weight excluding hydrogens is 344 g/mol. The predicted octanol–water partition coefficient (Wildman–Crippen LogP) is 1.76. The van der Waals surface area contributed by atoms with Gasteiger partial charge < -0.3 is 15.2 Å². The molecule has 0 radical (unpaired) electrons. The fourth-order valence-corrected chi connectivity index (χ4v) is 1.74. The highest BCUT2D eigenvalue weighted by molar-refractivity contribution is 9.10. The summed E-state index contributed by atoms with van der Waals surface area (Å²) in [5.74, 6) is -1.81. The maximum atomic E-state index is 11.5. The molecule has 1 rings (SSSR count). The number of rotatable bonds is 5. The van der Waals surface area contributed by atoms with Crippen molar-refractivity contribution in [2.45, 2.75) is 19.9 Å². The lowest BCUT2D eigenvalue weighted by Crippen LogP contribution is -2.44. The van der Waals surface area contributed by atoms with E-state index in [4.69, 9.17) is 9.84 Å². The molecule has 0 spiro atoms. The second kappa shape index (κ2) is 7.63. The Kier molecular flexibility index (Phi) is 6.16. The normalized spacial score (nSPS) is 10.1. The Balaban J connectivity index is 2.63. The second-order valence-electron chi connectivity index (χ2n) is 4.41. The maximum Gasteiger partial charge on any atom is 0.339 e. The van der Waals surface area contributed by atoms with Crippen LogP contribution in [0.15, 0.2) is 22.7 Å². The third-order valence-corrected chi connectivity index (χ3v) is 2.70.